The number of benzene rings is 1. The van der Waals surface area contributed by atoms with E-state index in [4.69, 9.17) is 5.11 Å². The van der Waals surface area contributed by atoms with Crippen LogP contribution in [-0.4, -0.2) is 11.1 Å². The number of rotatable bonds is 3. The van der Waals surface area contributed by atoms with E-state index in [1.165, 1.54) is 0 Å². The predicted molar refractivity (Wildman–Crippen MR) is 71.1 cm³/mol. The highest BCUT2D eigenvalue weighted by Crippen LogP contribution is 2.59. The van der Waals surface area contributed by atoms with Crippen LogP contribution in [0.1, 0.15) is 19.4 Å². The molecular formula is C14H17ClO2. The fourth-order valence-electron chi connectivity index (χ4n) is 2.29. The third kappa shape index (κ3) is 2.70. The summed E-state index contributed by atoms with van der Waals surface area (Å²) in [5.74, 6) is -0.759. The minimum Gasteiger partial charge on any atom is -0.481 e. The fraction of sp³-hybridized carbons (Fsp3) is 0.357. The largest absolute Gasteiger partial charge is 0.481 e. The standard InChI is InChI=1S/C14H16O2.ClH/c1-14(2)11(12(14)13(15)16)9-8-10-6-4-3-5-7-10;/h3-9,11-12H,1-2H3,(H,15,16);1H. The molecule has 92 valence electrons. The van der Waals surface area contributed by atoms with Crippen molar-refractivity contribution in [3.63, 3.8) is 0 Å². The van der Waals surface area contributed by atoms with Gasteiger partial charge in [-0.1, -0.05) is 56.3 Å². The molecule has 1 N–H and O–H groups in total. The van der Waals surface area contributed by atoms with Crippen LogP contribution < -0.4 is 0 Å². The lowest BCUT2D eigenvalue weighted by Gasteiger charge is -1.96. The fourth-order valence-corrected chi connectivity index (χ4v) is 2.29. The van der Waals surface area contributed by atoms with E-state index in [0.29, 0.717) is 0 Å². The van der Waals surface area contributed by atoms with Gasteiger partial charge in [-0.05, 0) is 16.9 Å². The Balaban J connectivity index is 0.00000144. The second-order valence-electron chi connectivity index (χ2n) is 4.93. The Hall–Kier alpha value is -1.28. The van der Waals surface area contributed by atoms with Gasteiger partial charge >= 0.3 is 5.97 Å². The summed E-state index contributed by atoms with van der Waals surface area (Å²) in [6.45, 7) is 4.01. The van der Waals surface area contributed by atoms with Crippen LogP contribution in [0.15, 0.2) is 36.4 Å². The van der Waals surface area contributed by atoms with E-state index >= 15 is 0 Å². The summed E-state index contributed by atoms with van der Waals surface area (Å²) in [6, 6.07) is 9.96. The van der Waals surface area contributed by atoms with Gasteiger partial charge in [0.25, 0.3) is 0 Å². The highest BCUT2D eigenvalue weighted by atomic mass is 35.5. The first-order valence-corrected chi connectivity index (χ1v) is 5.49. The Bertz CT molecular complexity index is 423. The van der Waals surface area contributed by atoms with E-state index in [1.807, 2.05) is 56.3 Å². The Morgan fingerprint density at radius 3 is 2.35 bits per heavy atom. The zero-order valence-corrected chi connectivity index (χ0v) is 10.8. The maximum Gasteiger partial charge on any atom is 0.307 e. The van der Waals surface area contributed by atoms with Gasteiger partial charge in [0.05, 0.1) is 5.92 Å². The van der Waals surface area contributed by atoms with E-state index in [9.17, 15) is 4.79 Å². The summed E-state index contributed by atoms with van der Waals surface area (Å²) in [7, 11) is 0. The lowest BCUT2D eigenvalue weighted by atomic mass is 10.1. The van der Waals surface area contributed by atoms with Crippen LogP contribution in [0.5, 0.6) is 0 Å². The average Bonchev–Trinajstić information content (AvgIpc) is 2.79. The second kappa shape index (κ2) is 4.92. The second-order valence-corrected chi connectivity index (χ2v) is 4.93. The van der Waals surface area contributed by atoms with Crippen LogP contribution in [0.4, 0.5) is 0 Å². The summed E-state index contributed by atoms with van der Waals surface area (Å²) in [5.41, 5.74) is 1.02. The molecule has 1 fully saturated rings. The summed E-state index contributed by atoms with van der Waals surface area (Å²) in [4.78, 5) is 11.0. The van der Waals surface area contributed by atoms with Gasteiger partial charge < -0.3 is 5.11 Å². The first-order valence-electron chi connectivity index (χ1n) is 5.49. The number of halogens is 1. The number of allylic oxidation sites excluding steroid dienone is 1. The molecule has 2 unspecified atom stereocenters. The molecule has 2 atom stereocenters. The molecule has 0 heterocycles. The molecule has 1 aromatic rings. The highest BCUT2D eigenvalue weighted by Gasteiger charge is 2.60. The monoisotopic (exact) mass is 252 g/mol. The number of hydrogen-bond donors (Lipinski definition) is 1. The Kier molecular flexibility index (Phi) is 3.99. The first-order chi connectivity index (χ1) is 7.53. The number of aliphatic carboxylic acids is 1. The smallest absolute Gasteiger partial charge is 0.307 e. The van der Waals surface area contributed by atoms with E-state index in [2.05, 4.69) is 0 Å². The highest BCUT2D eigenvalue weighted by molar-refractivity contribution is 5.85. The molecule has 0 radical (unpaired) electrons. The van der Waals surface area contributed by atoms with Crippen molar-refractivity contribution in [2.45, 2.75) is 13.8 Å². The number of hydrogen-bond acceptors (Lipinski definition) is 1. The molecule has 1 saturated carbocycles. The van der Waals surface area contributed by atoms with E-state index in [0.717, 1.165) is 5.56 Å². The van der Waals surface area contributed by atoms with Crippen LogP contribution in [0.3, 0.4) is 0 Å². The lowest BCUT2D eigenvalue weighted by Crippen LogP contribution is -2.02. The van der Waals surface area contributed by atoms with Crippen molar-refractivity contribution in [1.82, 2.24) is 0 Å². The summed E-state index contributed by atoms with van der Waals surface area (Å²) < 4.78 is 0. The molecule has 2 rings (SSSR count). The maximum atomic E-state index is 11.0. The maximum absolute atomic E-state index is 11.0. The van der Waals surface area contributed by atoms with Gasteiger partial charge in [-0.15, -0.1) is 12.4 Å². The molecule has 0 aromatic heterocycles. The number of carboxylic acids is 1. The van der Waals surface area contributed by atoms with Gasteiger partial charge in [-0.2, -0.15) is 0 Å². The summed E-state index contributed by atoms with van der Waals surface area (Å²) in [5, 5.41) is 9.02. The van der Waals surface area contributed by atoms with Crippen molar-refractivity contribution < 1.29 is 9.90 Å². The quantitative estimate of drug-likeness (QED) is 0.894. The van der Waals surface area contributed by atoms with E-state index in [-0.39, 0.29) is 29.7 Å². The normalized spacial score (nSPS) is 25.3. The molecule has 0 aliphatic heterocycles. The van der Waals surface area contributed by atoms with Crippen molar-refractivity contribution >= 4 is 24.5 Å². The Morgan fingerprint density at radius 2 is 1.88 bits per heavy atom. The topological polar surface area (TPSA) is 37.3 Å². The SMILES string of the molecule is CC1(C)C(C=Cc2ccccc2)C1C(=O)O.Cl. The molecular weight excluding hydrogens is 236 g/mol. The molecule has 2 nitrogen and oxygen atoms in total. The Morgan fingerprint density at radius 1 is 1.29 bits per heavy atom. The minimum atomic E-state index is -0.687. The molecule has 0 spiro atoms. The third-order valence-corrected chi connectivity index (χ3v) is 3.47. The van der Waals surface area contributed by atoms with Gasteiger partial charge in [-0.25, -0.2) is 0 Å². The van der Waals surface area contributed by atoms with Crippen molar-refractivity contribution in [3.05, 3.63) is 42.0 Å². The van der Waals surface area contributed by atoms with Gasteiger partial charge in [-0.3, -0.25) is 4.79 Å². The molecule has 17 heavy (non-hydrogen) atoms. The third-order valence-electron chi connectivity index (χ3n) is 3.47. The number of carbonyl (C=O) groups is 1. The van der Waals surface area contributed by atoms with Gasteiger partial charge in [0, 0.05) is 0 Å². The first kappa shape index (κ1) is 13.8. The molecule has 0 saturated heterocycles. The van der Waals surface area contributed by atoms with Crippen LogP contribution in [0, 0.1) is 17.3 Å². The number of carboxylic acid groups (broad SMARTS) is 1. The van der Waals surface area contributed by atoms with Crippen LogP contribution >= 0.6 is 12.4 Å². The van der Waals surface area contributed by atoms with Crippen molar-refractivity contribution in [2.24, 2.45) is 17.3 Å². The van der Waals surface area contributed by atoms with Crippen molar-refractivity contribution in [1.29, 1.82) is 0 Å². The zero-order valence-electron chi connectivity index (χ0n) is 9.96. The predicted octanol–water partition coefficient (Wildman–Crippen LogP) is 3.48. The van der Waals surface area contributed by atoms with Crippen LogP contribution in [0.2, 0.25) is 0 Å². The van der Waals surface area contributed by atoms with Crippen LogP contribution in [0.25, 0.3) is 6.08 Å². The zero-order chi connectivity index (χ0) is 11.8. The molecule has 1 aliphatic carbocycles. The van der Waals surface area contributed by atoms with Crippen molar-refractivity contribution in [2.75, 3.05) is 0 Å². The lowest BCUT2D eigenvalue weighted by molar-refractivity contribution is -0.139. The van der Waals surface area contributed by atoms with E-state index < -0.39 is 5.97 Å². The Labute approximate surface area is 108 Å². The summed E-state index contributed by atoms with van der Waals surface area (Å²) >= 11 is 0. The molecule has 0 amide bonds. The molecule has 3 heteroatoms. The molecule has 0 bridgehead atoms. The van der Waals surface area contributed by atoms with Gasteiger partial charge in [0.15, 0.2) is 0 Å². The molecule has 1 aliphatic rings. The van der Waals surface area contributed by atoms with Gasteiger partial charge in [0.1, 0.15) is 0 Å². The average molecular weight is 253 g/mol. The van der Waals surface area contributed by atoms with E-state index in [1.54, 1.807) is 0 Å². The summed E-state index contributed by atoms with van der Waals surface area (Å²) in [6.07, 6.45) is 4.03. The van der Waals surface area contributed by atoms with Crippen molar-refractivity contribution in [3.8, 4) is 0 Å². The minimum absolute atomic E-state index is 0. The van der Waals surface area contributed by atoms with Crippen LogP contribution in [-0.2, 0) is 4.79 Å². The van der Waals surface area contributed by atoms with Gasteiger partial charge in [0.2, 0.25) is 0 Å². The molecule has 1 aromatic carbocycles.